The molecule has 204 valence electrons. The van der Waals surface area contributed by atoms with Crippen molar-refractivity contribution < 1.29 is 19.0 Å². The van der Waals surface area contributed by atoms with Crippen LogP contribution < -0.4 is 9.47 Å². The number of carbonyl (C=O) groups is 1. The Morgan fingerprint density at radius 2 is 1.93 bits per heavy atom. The lowest BCUT2D eigenvalue weighted by Crippen LogP contribution is -2.58. The van der Waals surface area contributed by atoms with Gasteiger partial charge in [0.2, 0.25) is 0 Å². The van der Waals surface area contributed by atoms with E-state index in [4.69, 9.17) is 66.4 Å². The summed E-state index contributed by atoms with van der Waals surface area (Å²) in [6.45, 7) is 0.0778. The molecule has 12 radical (unpaired) electrons. The molecule has 0 unspecified atom stereocenters. The molecular formula is C28H24B6N4O4S. The van der Waals surface area contributed by atoms with E-state index in [1.807, 2.05) is 59.0 Å². The van der Waals surface area contributed by atoms with Gasteiger partial charge in [0.1, 0.15) is 18.1 Å². The number of ether oxygens (including phenoxy) is 3. The second-order valence-electron chi connectivity index (χ2n) is 11.1. The van der Waals surface area contributed by atoms with Crippen LogP contribution >= 0.6 is 11.3 Å². The highest BCUT2D eigenvalue weighted by Gasteiger charge is 2.41. The maximum absolute atomic E-state index is 14.3. The number of aromatic nitrogens is 3. The predicted octanol–water partition coefficient (Wildman–Crippen LogP) is 2.12. The monoisotopic (exact) mass is 578 g/mol. The summed E-state index contributed by atoms with van der Waals surface area (Å²) in [5, 5.41) is 4.90. The molecule has 4 heterocycles. The molecule has 1 aliphatic heterocycles. The second kappa shape index (κ2) is 11.1. The van der Waals surface area contributed by atoms with E-state index in [0.29, 0.717) is 42.0 Å². The molecule has 1 fully saturated rings. The van der Waals surface area contributed by atoms with Crippen LogP contribution in [0.15, 0.2) is 47.4 Å². The van der Waals surface area contributed by atoms with Crippen LogP contribution in [0.2, 0.25) is 0 Å². The number of carbonyl (C=O) groups excluding carboxylic acids is 1. The number of nitrogens with zero attached hydrogens (tertiary/aromatic N) is 4. The molecule has 43 heavy (non-hydrogen) atoms. The molecule has 8 nitrogen and oxygen atoms in total. The first-order valence-corrected chi connectivity index (χ1v) is 14.6. The second-order valence-corrected chi connectivity index (χ2v) is 11.9. The van der Waals surface area contributed by atoms with E-state index in [-0.39, 0.29) is 12.3 Å². The first kappa shape index (κ1) is 29.9. The molecule has 1 aromatic carbocycles. The largest absolute Gasteiger partial charge is 0.496 e. The third-order valence-corrected chi connectivity index (χ3v) is 8.41. The molecule has 0 spiro atoms. The van der Waals surface area contributed by atoms with Crippen molar-refractivity contribution in [3.8, 4) is 39.6 Å². The van der Waals surface area contributed by atoms with Crippen molar-refractivity contribution in [2.24, 2.45) is 7.05 Å². The Labute approximate surface area is 262 Å². The number of methoxy groups -OCH3 is 1. The molecule has 1 amide bonds. The maximum Gasteiger partial charge on any atom is 0.273 e. The number of aryl methyl sites for hydroxylation is 1. The minimum absolute atomic E-state index is 0.0778. The third kappa shape index (κ3) is 5.74. The van der Waals surface area contributed by atoms with E-state index in [1.165, 1.54) is 16.2 Å². The summed E-state index contributed by atoms with van der Waals surface area (Å²) < 4.78 is 21.2. The van der Waals surface area contributed by atoms with Gasteiger partial charge in [0.25, 0.3) is 5.91 Å². The maximum atomic E-state index is 14.3. The first-order valence-electron chi connectivity index (χ1n) is 13.7. The summed E-state index contributed by atoms with van der Waals surface area (Å²) in [6.07, 6.45) is 4.90. The van der Waals surface area contributed by atoms with Gasteiger partial charge in [-0.2, -0.15) is 16.4 Å². The Hall–Kier alpha value is -3.17. The zero-order valence-electron chi connectivity index (χ0n) is 23.9. The fraction of sp³-hybridized carbons (Fsp3) is 0.357. The van der Waals surface area contributed by atoms with Gasteiger partial charge in [0.15, 0.2) is 5.69 Å². The molecular weight excluding hydrogens is 553 g/mol. The van der Waals surface area contributed by atoms with Gasteiger partial charge in [-0.1, -0.05) is 5.24 Å². The molecule has 1 saturated carbocycles. The molecule has 0 saturated heterocycles. The van der Waals surface area contributed by atoms with E-state index in [2.05, 4.69) is 0 Å². The van der Waals surface area contributed by atoms with Crippen LogP contribution in [-0.2, 0) is 18.4 Å². The molecule has 2 atom stereocenters. The van der Waals surface area contributed by atoms with Gasteiger partial charge in [-0.25, -0.2) is 4.68 Å². The standard InChI is InChI=1S/C28H24B6N4O4S/c1-36-7-5-15(12-36)19-10-20-23(11-22(19)40-2)41-13-21-24(35-38(25(20)21)17-6-8-43-14-17)26(39)37(27(29,30)31)16-3-4-18(9-16)42-28(32,33)34/h5-8,10-12,14,16,18H,3-4,9,13H2,1-2H3/t16-,18+/m0/s1. The Kier molecular flexibility index (Phi) is 7.70. The number of amides is 1. The fourth-order valence-corrected chi connectivity index (χ4v) is 6.61. The fourth-order valence-electron chi connectivity index (χ4n) is 5.99. The Bertz CT molecular complexity index is 1660. The minimum Gasteiger partial charge on any atom is -0.496 e. The summed E-state index contributed by atoms with van der Waals surface area (Å²) in [6, 6.07) is 7.30. The van der Waals surface area contributed by atoms with Crippen LogP contribution in [0.25, 0.3) is 28.1 Å². The average Bonchev–Trinajstić information content (AvgIpc) is 3.73. The van der Waals surface area contributed by atoms with Crippen molar-refractivity contribution in [3.05, 3.63) is 58.7 Å². The lowest BCUT2D eigenvalue weighted by Gasteiger charge is -2.42. The van der Waals surface area contributed by atoms with Crippen molar-refractivity contribution in [3.63, 3.8) is 0 Å². The Balaban J connectivity index is 1.47. The average molecular weight is 577 g/mol. The van der Waals surface area contributed by atoms with E-state index in [9.17, 15) is 4.79 Å². The molecule has 3 aromatic heterocycles. The van der Waals surface area contributed by atoms with Crippen LogP contribution in [-0.4, -0.2) is 102 Å². The molecule has 0 bridgehead atoms. The molecule has 1 aliphatic carbocycles. The molecule has 0 N–H and O–H groups in total. The van der Waals surface area contributed by atoms with Crippen molar-refractivity contribution in [2.45, 2.75) is 48.6 Å². The van der Waals surface area contributed by atoms with Crippen LogP contribution in [0.3, 0.4) is 0 Å². The highest BCUT2D eigenvalue weighted by molar-refractivity contribution is 7.08. The first-order chi connectivity index (χ1) is 20.3. The number of benzene rings is 1. The highest BCUT2D eigenvalue weighted by atomic mass is 32.1. The molecule has 15 heteroatoms. The van der Waals surface area contributed by atoms with E-state index in [0.717, 1.165) is 22.4 Å². The zero-order valence-corrected chi connectivity index (χ0v) is 24.7. The predicted molar refractivity (Wildman–Crippen MR) is 171 cm³/mol. The summed E-state index contributed by atoms with van der Waals surface area (Å²) in [7, 11) is 39.1. The number of thiophene rings is 1. The topological polar surface area (TPSA) is 70.8 Å². The normalized spacial score (nSPS) is 18.1. The van der Waals surface area contributed by atoms with E-state index >= 15 is 0 Å². The summed E-state index contributed by atoms with van der Waals surface area (Å²) in [5.74, 6) is 0.726. The smallest absolute Gasteiger partial charge is 0.273 e. The van der Waals surface area contributed by atoms with Gasteiger partial charge in [0, 0.05) is 59.2 Å². The van der Waals surface area contributed by atoms with Crippen LogP contribution in [0, 0.1) is 0 Å². The number of hydrogen-bond donors (Lipinski definition) is 0. The highest BCUT2D eigenvalue weighted by Crippen LogP contribution is 2.46. The van der Waals surface area contributed by atoms with Crippen LogP contribution in [0.5, 0.6) is 11.5 Å². The van der Waals surface area contributed by atoms with Gasteiger partial charge in [-0.15, -0.1) is 0 Å². The lowest BCUT2D eigenvalue weighted by atomic mass is 9.48. The van der Waals surface area contributed by atoms with Crippen molar-refractivity contribution in [1.82, 2.24) is 19.2 Å². The van der Waals surface area contributed by atoms with Crippen molar-refractivity contribution in [1.29, 1.82) is 0 Å². The summed E-state index contributed by atoms with van der Waals surface area (Å²) in [5.41, 5.74) is 4.80. The number of rotatable bonds is 8. The Morgan fingerprint density at radius 1 is 1.14 bits per heavy atom. The van der Waals surface area contributed by atoms with E-state index < -0.39 is 28.6 Å². The molecule has 6 rings (SSSR count). The zero-order chi connectivity index (χ0) is 30.7. The van der Waals surface area contributed by atoms with E-state index in [1.54, 1.807) is 11.8 Å². The van der Waals surface area contributed by atoms with Gasteiger partial charge in [-0.3, -0.25) is 4.79 Å². The minimum atomic E-state index is -2.00. The molecule has 4 aromatic rings. The SMILES string of the molecule is [B]C([B])([B])O[C@@H]1CC[C@H](N(C(=O)c2nn(-c3ccsc3)c3c2COc2cc(OC)c(-c4ccn(C)c4)cc2-3)C([B])([B])[B])C1. The van der Waals surface area contributed by atoms with Crippen LogP contribution in [0.4, 0.5) is 0 Å². The quantitative estimate of drug-likeness (QED) is 0.300. The number of hydrogen-bond acceptors (Lipinski definition) is 6. The molecule has 2 aliphatic rings. The van der Waals surface area contributed by atoms with Gasteiger partial charge < -0.3 is 23.7 Å². The van der Waals surface area contributed by atoms with Crippen molar-refractivity contribution in [2.75, 3.05) is 7.11 Å². The Morgan fingerprint density at radius 3 is 2.56 bits per heavy atom. The number of fused-ring (bicyclic) bond motifs is 3. The summed E-state index contributed by atoms with van der Waals surface area (Å²) in [4.78, 5) is 15.6. The van der Waals surface area contributed by atoms with Crippen LogP contribution in [0.1, 0.15) is 35.3 Å². The summed E-state index contributed by atoms with van der Waals surface area (Å²) >= 11 is 1.51. The van der Waals surface area contributed by atoms with Gasteiger partial charge >= 0.3 is 0 Å². The lowest BCUT2D eigenvalue weighted by molar-refractivity contribution is 0.0420. The van der Waals surface area contributed by atoms with Crippen molar-refractivity contribution >= 4 is 64.3 Å². The van der Waals surface area contributed by atoms with Gasteiger partial charge in [0.05, 0.1) is 71.7 Å². The third-order valence-electron chi connectivity index (χ3n) is 7.74. The van der Waals surface area contributed by atoms with Gasteiger partial charge in [-0.05, 0) is 48.1 Å².